The number of sulfone groups is 1. The lowest BCUT2D eigenvalue weighted by Crippen LogP contribution is -2.16. The third kappa shape index (κ3) is 5.85. The molecule has 1 aromatic rings. The van der Waals surface area contributed by atoms with Crippen molar-refractivity contribution in [1.29, 1.82) is 5.26 Å². The second kappa shape index (κ2) is 8.61. The minimum absolute atomic E-state index is 0.00369. The third-order valence-electron chi connectivity index (χ3n) is 2.59. The summed E-state index contributed by atoms with van der Waals surface area (Å²) >= 11 is 6.00. The van der Waals surface area contributed by atoms with Crippen LogP contribution < -0.4 is 0 Å². The van der Waals surface area contributed by atoms with Crippen LogP contribution in [0.2, 0.25) is 0 Å². The average Bonchev–Trinajstić information content (AvgIpc) is 2.47. The summed E-state index contributed by atoms with van der Waals surface area (Å²) in [6.07, 6.45) is 2.31. The van der Waals surface area contributed by atoms with Crippen molar-refractivity contribution in [2.24, 2.45) is 0 Å². The molecule has 0 aromatic carbocycles. The van der Waals surface area contributed by atoms with Crippen LogP contribution in [0.5, 0.6) is 0 Å². The Labute approximate surface area is 141 Å². The van der Waals surface area contributed by atoms with Gasteiger partial charge in [-0.3, -0.25) is 0 Å². The molecule has 1 aromatic heterocycles. The SMILES string of the molecule is CCS(=O)(=O)c1cc(C(C)(C)C#N)cnc1Br.O=CCBr. The molecule has 0 saturated heterocycles. The highest BCUT2D eigenvalue weighted by Crippen LogP contribution is 2.28. The summed E-state index contributed by atoms with van der Waals surface area (Å²) in [5.41, 5.74) is -0.165. The molecule has 0 saturated carbocycles. The zero-order valence-electron chi connectivity index (χ0n) is 11.9. The molecule has 1 heterocycles. The van der Waals surface area contributed by atoms with Crippen molar-refractivity contribution in [2.75, 3.05) is 11.1 Å². The van der Waals surface area contributed by atoms with E-state index in [0.717, 1.165) is 6.29 Å². The van der Waals surface area contributed by atoms with Crippen molar-refractivity contribution < 1.29 is 13.2 Å². The highest BCUT2D eigenvalue weighted by molar-refractivity contribution is 9.10. The minimum atomic E-state index is -3.34. The van der Waals surface area contributed by atoms with Crippen LogP contribution in [-0.2, 0) is 20.0 Å². The first kappa shape index (κ1) is 20.2. The Balaban J connectivity index is 0.000000885. The number of rotatable bonds is 4. The zero-order chi connectivity index (χ0) is 16.7. The highest BCUT2D eigenvalue weighted by atomic mass is 79.9. The molecule has 0 atom stereocenters. The summed E-state index contributed by atoms with van der Waals surface area (Å²) < 4.78 is 24.0. The monoisotopic (exact) mass is 438 g/mol. The summed E-state index contributed by atoms with van der Waals surface area (Å²) in [6, 6.07) is 3.64. The molecule has 5 nitrogen and oxygen atoms in total. The smallest absolute Gasteiger partial charge is 0.180 e. The van der Waals surface area contributed by atoms with Crippen LogP contribution in [0.15, 0.2) is 21.8 Å². The molecule has 0 aliphatic rings. The first-order chi connectivity index (χ1) is 9.66. The fourth-order valence-corrected chi connectivity index (χ4v) is 3.09. The Morgan fingerprint density at radius 3 is 2.38 bits per heavy atom. The fourth-order valence-electron chi connectivity index (χ4n) is 1.21. The third-order valence-corrected chi connectivity index (χ3v) is 5.49. The predicted molar refractivity (Wildman–Crippen MR) is 88.2 cm³/mol. The Morgan fingerprint density at radius 2 is 2.00 bits per heavy atom. The number of pyridine rings is 1. The van der Waals surface area contributed by atoms with Crippen molar-refractivity contribution >= 4 is 48.0 Å². The maximum atomic E-state index is 11.8. The number of hydrogen-bond donors (Lipinski definition) is 0. The second-order valence-corrected chi connectivity index (χ2v) is 8.12. The fraction of sp³-hybridized carbons (Fsp3) is 0.462. The molecule has 0 aliphatic carbocycles. The standard InChI is InChI=1S/C11H13BrN2O2S.C2H3BrO/c1-4-17(15,16)9-5-8(6-14-10(9)12)11(2,3)7-13;3-1-2-4/h5-6H,4H2,1-3H3;2H,1H2. The van der Waals surface area contributed by atoms with Gasteiger partial charge in [-0.05, 0) is 41.4 Å². The number of nitriles is 1. The molecule has 21 heavy (non-hydrogen) atoms. The van der Waals surface area contributed by atoms with Crippen LogP contribution in [0, 0.1) is 11.3 Å². The van der Waals surface area contributed by atoms with Crippen LogP contribution in [0.1, 0.15) is 26.3 Å². The Morgan fingerprint density at radius 1 is 1.48 bits per heavy atom. The van der Waals surface area contributed by atoms with Crippen LogP contribution in [0.25, 0.3) is 0 Å². The lowest BCUT2D eigenvalue weighted by atomic mass is 9.88. The maximum absolute atomic E-state index is 11.8. The van der Waals surface area contributed by atoms with Gasteiger partial charge in [0, 0.05) is 6.20 Å². The van der Waals surface area contributed by atoms with E-state index >= 15 is 0 Å². The number of alkyl halides is 1. The normalized spacial score (nSPS) is 11.0. The number of carbonyl (C=O) groups excluding carboxylic acids is 1. The van der Waals surface area contributed by atoms with Crippen LogP contribution in [0.3, 0.4) is 0 Å². The van der Waals surface area contributed by atoms with Crippen LogP contribution in [0.4, 0.5) is 0 Å². The molecule has 0 bridgehead atoms. The van der Waals surface area contributed by atoms with E-state index in [1.54, 1.807) is 20.8 Å². The Bertz CT molecular complexity index is 637. The molecular weight excluding hydrogens is 424 g/mol. The lowest BCUT2D eigenvalue weighted by molar-refractivity contribution is -0.105. The van der Waals surface area contributed by atoms with Gasteiger partial charge < -0.3 is 4.79 Å². The first-order valence-corrected chi connectivity index (χ1v) is 9.52. The number of nitrogens with zero attached hydrogens (tertiary/aromatic N) is 2. The summed E-state index contributed by atoms with van der Waals surface area (Å²) in [6.45, 7) is 5.02. The molecule has 1 rings (SSSR count). The molecule has 0 radical (unpaired) electrons. The predicted octanol–water partition coefficient (Wildman–Crippen LogP) is 3.02. The molecule has 0 fully saturated rings. The van der Waals surface area contributed by atoms with Crippen molar-refractivity contribution in [3.8, 4) is 6.07 Å². The van der Waals surface area contributed by atoms with Crippen LogP contribution >= 0.6 is 31.9 Å². The van der Waals surface area contributed by atoms with Crippen molar-refractivity contribution in [3.63, 3.8) is 0 Å². The van der Waals surface area contributed by atoms with Gasteiger partial charge in [0.2, 0.25) is 0 Å². The maximum Gasteiger partial charge on any atom is 0.180 e. The largest absolute Gasteiger partial charge is 0.302 e. The van der Waals surface area contributed by atoms with Crippen LogP contribution in [-0.4, -0.2) is 30.8 Å². The lowest BCUT2D eigenvalue weighted by Gasteiger charge is -2.16. The van der Waals surface area contributed by atoms with Gasteiger partial charge in [-0.1, -0.05) is 22.9 Å². The molecule has 0 aliphatic heterocycles. The Hall–Kier alpha value is -0.780. The molecule has 116 valence electrons. The van der Waals surface area contributed by atoms with E-state index in [2.05, 4.69) is 42.9 Å². The topological polar surface area (TPSA) is 87.9 Å². The van der Waals surface area contributed by atoms with E-state index in [4.69, 9.17) is 10.1 Å². The van der Waals surface area contributed by atoms with Gasteiger partial charge in [-0.25, -0.2) is 13.4 Å². The number of carbonyl (C=O) groups is 1. The Kier molecular flexibility index (Phi) is 8.29. The summed E-state index contributed by atoms with van der Waals surface area (Å²) in [7, 11) is -3.34. The van der Waals surface area contributed by atoms with E-state index in [1.807, 2.05) is 0 Å². The van der Waals surface area contributed by atoms with E-state index in [-0.39, 0.29) is 15.3 Å². The van der Waals surface area contributed by atoms with Gasteiger partial charge in [-0.15, -0.1) is 0 Å². The summed E-state index contributed by atoms with van der Waals surface area (Å²) in [5, 5.41) is 9.48. The molecule has 0 spiro atoms. The van der Waals surface area contributed by atoms with Gasteiger partial charge in [0.15, 0.2) is 9.84 Å². The van der Waals surface area contributed by atoms with Gasteiger partial charge in [0.05, 0.1) is 27.5 Å². The van der Waals surface area contributed by atoms with Gasteiger partial charge >= 0.3 is 0 Å². The van der Waals surface area contributed by atoms with Crippen molar-refractivity contribution in [2.45, 2.75) is 31.1 Å². The number of aldehydes is 1. The van der Waals surface area contributed by atoms with Gasteiger partial charge in [-0.2, -0.15) is 5.26 Å². The molecule has 0 amide bonds. The van der Waals surface area contributed by atoms with E-state index in [1.165, 1.54) is 12.3 Å². The van der Waals surface area contributed by atoms with Crippen molar-refractivity contribution in [1.82, 2.24) is 4.98 Å². The quantitative estimate of drug-likeness (QED) is 0.408. The van der Waals surface area contributed by atoms with Gasteiger partial charge in [0.25, 0.3) is 0 Å². The minimum Gasteiger partial charge on any atom is -0.302 e. The number of hydrogen-bond acceptors (Lipinski definition) is 5. The van der Waals surface area contributed by atoms with E-state index < -0.39 is 15.3 Å². The summed E-state index contributed by atoms with van der Waals surface area (Å²) in [4.78, 5) is 13.3. The highest BCUT2D eigenvalue weighted by Gasteiger charge is 2.24. The second-order valence-electron chi connectivity index (χ2n) is 4.47. The zero-order valence-corrected chi connectivity index (χ0v) is 15.9. The molecular formula is C13H16Br2N2O3S. The molecule has 0 unspecified atom stereocenters. The van der Waals surface area contributed by atoms with E-state index in [0.29, 0.717) is 10.9 Å². The number of aromatic nitrogens is 1. The van der Waals surface area contributed by atoms with E-state index in [9.17, 15) is 8.42 Å². The van der Waals surface area contributed by atoms with Crippen molar-refractivity contribution in [3.05, 3.63) is 22.4 Å². The first-order valence-electron chi connectivity index (χ1n) is 5.95. The van der Waals surface area contributed by atoms with Gasteiger partial charge in [0.1, 0.15) is 10.9 Å². The summed E-state index contributed by atoms with van der Waals surface area (Å²) in [5.74, 6) is 0.00369. The molecule has 0 N–H and O–H groups in total. The number of halogens is 2. The average molecular weight is 440 g/mol. The molecule has 8 heteroatoms.